The van der Waals surface area contributed by atoms with Gasteiger partial charge in [0.05, 0.1) is 17.6 Å². The average molecular weight is 343 g/mol. The van der Waals surface area contributed by atoms with Gasteiger partial charge in [-0.05, 0) is 31.2 Å². The molecule has 0 saturated heterocycles. The zero-order valence-corrected chi connectivity index (χ0v) is 14.5. The van der Waals surface area contributed by atoms with Crippen LogP contribution in [0.1, 0.15) is 16.6 Å². The Balaban J connectivity index is 2.09. The van der Waals surface area contributed by atoms with Gasteiger partial charge in [-0.3, -0.25) is 0 Å². The van der Waals surface area contributed by atoms with Gasteiger partial charge in [-0.25, -0.2) is 4.79 Å². The highest BCUT2D eigenvalue weighted by Crippen LogP contribution is 2.40. The van der Waals surface area contributed by atoms with Gasteiger partial charge in [-0.15, -0.1) is 21.6 Å². The lowest BCUT2D eigenvalue weighted by Crippen LogP contribution is -2.08. The van der Waals surface area contributed by atoms with Crippen molar-refractivity contribution in [1.82, 2.24) is 0 Å². The van der Waals surface area contributed by atoms with Crippen LogP contribution in [0.15, 0.2) is 51.2 Å². The van der Waals surface area contributed by atoms with E-state index in [1.165, 1.54) is 11.3 Å². The van der Waals surface area contributed by atoms with Crippen LogP contribution in [-0.2, 0) is 4.74 Å². The molecule has 2 heterocycles. The fraction of sp³-hybridized carbons (Fsp3) is 0.235. The molecule has 2 aromatic heterocycles. The second-order valence-corrected chi connectivity index (χ2v) is 6.28. The van der Waals surface area contributed by atoms with E-state index in [0.717, 1.165) is 15.8 Å². The van der Waals surface area contributed by atoms with Gasteiger partial charge in [0.2, 0.25) is 5.88 Å². The number of hydrogen-bond donors (Lipinski definition) is 0. The number of benzene rings is 1. The molecule has 0 unspecified atom stereocenters. The molecule has 0 fully saturated rings. The molecule has 0 aliphatic heterocycles. The molecule has 3 aromatic rings. The lowest BCUT2D eigenvalue weighted by molar-refractivity contribution is 0.0532. The largest absolute Gasteiger partial charge is 0.462 e. The van der Waals surface area contributed by atoms with Gasteiger partial charge in [0, 0.05) is 31.2 Å². The van der Waals surface area contributed by atoms with E-state index in [0.29, 0.717) is 23.1 Å². The SMILES string of the molecule is CCOC(=O)c1cc2c(N(C)C)ccc(/N=N/c3ccco3)c2s1. The summed E-state index contributed by atoms with van der Waals surface area (Å²) in [6.45, 7) is 2.14. The van der Waals surface area contributed by atoms with E-state index >= 15 is 0 Å². The van der Waals surface area contributed by atoms with Crippen LogP contribution in [0.25, 0.3) is 10.1 Å². The maximum atomic E-state index is 12.1. The predicted molar refractivity (Wildman–Crippen MR) is 95.0 cm³/mol. The number of carbonyl (C=O) groups excluding carboxylic acids is 1. The van der Waals surface area contributed by atoms with Crippen LogP contribution < -0.4 is 4.90 Å². The number of esters is 1. The third-order valence-electron chi connectivity index (χ3n) is 3.36. The van der Waals surface area contributed by atoms with Gasteiger partial charge in [0.1, 0.15) is 10.6 Å². The van der Waals surface area contributed by atoms with Crippen molar-refractivity contribution in [1.29, 1.82) is 0 Å². The molecule has 0 amide bonds. The molecule has 0 aliphatic rings. The summed E-state index contributed by atoms with van der Waals surface area (Å²) in [5, 5.41) is 9.30. The smallest absolute Gasteiger partial charge is 0.348 e. The molecule has 7 heteroatoms. The highest BCUT2D eigenvalue weighted by atomic mass is 32.1. The Hall–Kier alpha value is -2.67. The van der Waals surface area contributed by atoms with Crippen LogP contribution in [0.3, 0.4) is 0 Å². The fourth-order valence-electron chi connectivity index (χ4n) is 2.30. The predicted octanol–water partition coefficient (Wildman–Crippen LogP) is 5.15. The number of thiophene rings is 1. The lowest BCUT2D eigenvalue weighted by atomic mass is 10.2. The topological polar surface area (TPSA) is 67.4 Å². The number of hydrogen-bond acceptors (Lipinski definition) is 7. The molecule has 1 aromatic carbocycles. The van der Waals surface area contributed by atoms with E-state index in [1.807, 2.05) is 37.2 Å². The molecule has 124 valence electrons. The molecule has 0 aliphatic carbocycles. The van der Waals surface area contributed by atoms with E-state index in [1.54, 1.807) is 25.3 Å². The highest BCUT2D eigenvalue weighted by molar-refractivity contribution is 7.21. The fourth-order valence-corrected chi connectivity index (χ4v) is 3.32. The molecular formula is C17H17N3O3S. The highest BCUT2D eigenvalue weighted by Gasteiger charge is 2.16. The van der Waals surface area contributed by atoms with Crippen molar-refractivity contribution in [3.05, 3.63) is 41.5 Å². The maximum absolute atomic E-state index is 12.1. The Kier molecular flexibility index (Phi) is 4.61. The van der Waals surface area contributed by atoms with Gasteiger partial charge in [-0.1, -0.05) is 0 Å². The van der Waals surface area contributed by atoms with Crippen LogP contribution in [0.5, 0.6) is 0 Å². The first kappa shape index (κ1) is 16.2. The number of azo groups is 1. The minimum atomic E-state index is -0.322. The first-order chi connectivity index (χ1) is 11.6. The van der Waals surface area contributed by atoms with Gasteiger partial charge in [0.15, 0.2) is 0 Å². The third-order valence-corrected chi connectivity index (χ3v) is 4.50. The second kappa shape index (κ2) is 6.84. The molecule has 0 N–H and O–H groups in total. The van der Waals surface area contributed by atoms with E-state index < -0.39 is 0 Å². The Bertz CT molecular complexity index is 882. The molecule has 0 bridgehead atoms. The van der Waals surface area contributed by atoms with Crippen LogP contribution in [0.2, 0.25) is 0 Å². The molecule has 3 rings (SSSR count). The van der Waals surface area contributed by atoms with E-state index in [9.17, 15) is 4.79 Å². The standard InChI is InChI=1S/C17H17N3O3S/c1-4-22-17(21)14-10-11-13(20(2)3)8-7-12(16(11)24-14)18-19-15-6-5-9-23-15/h5-10H,4H2,1-3H3/b19-18+. The Morgan fingerprint density at radius 1 is 1.29 bits per heavy atom. The number of carbonyl (C=O) groups is 1. The molecule has 24 heavy (non-hydrogen) atoms. The van der Waals surface area contributed by atoms with Crippen LogP contribution in [0, 0.1) is 0 Å². The maximum Gasteiger partial charge on any atom is 0.348 e. The first-order valence-electron chi connectivity index (χ1n) is 7.46. The molecule has 0 saturated carbocycles. The van der Waals surface area contributed by atoms with Gasteiger partial charge < -0.3 is 14.1 Å². The van der Waals surface area contributed by atoms with Gasteiger partial charge >= 0.3 is 5.97 Å². The normalized spacial score (nSPS) is 11.3. The summed E-state index contributed by atoms with van der Waals surface area (Å²) in [7, 11) is 3.92. The van der Waals surface area contributed by atoms with Crippen LogP contribution >= 0.6 is 11.3 Å². The summed E-state index contributed by atoms with van der Waals surface area (Å²) in [6, 6.07) is 9.17. The lowest BCUT2D eigenvalue weighted by Gasteiger charge is -2.14. The molecule has 0 atom stereocenters. The van der Waals surface area contributed by atoms with Gasteiger partial charge in [-0.2, -0.15) is 0 Å². The quantitative estimate of drug-likeness (QED) is 0.474. The summed E-state index contributed by atoms with van der Waals surface area (Å²) >= 11 is 1.36. The Labute approximate surface area is 143 Å². The summed E-state index contributed by atoms with van der Waals surface area (Å²) in [4.78, 5) is 14.6. The summed E-state index contributed by atoms with van der Waals surface area (Å²) in [5.74, 6) is 0.110. The minimum Gasteiger partial charge on any atom is -0.462 e. The zero-order chi connectivity index (χ0) is 17.1. The zero-order valence-electron chi connectivity index (χ0n) is 13.6. The van der Waals surface area contributed by atoms with Crippen molar-refractivity contribution < 1.29 is 13.9 Å². The second-order valence-electron chi connectivity index (χ2n) is 5.22. The van der Waals surface area contributed by atoms with Crippen molar-refractivity contribution in [3.8, 4) is 0 Å². The third kappa shape index (κ3) is 3.16. The molecule has 0 spiro atoms. The molecular weight excluding hydrogens is 326 g/mol. The summed E-state index contributed by atoms with van der Waals surface area (Å²) in [5.41, 5.74) is 1.70. The average Bonchev–Trinajstić information content (AvgIpc) is 3.22. The van der Waals surface area contributed by atoms with Crippen molar-refractivity contribution in [2.75, 3.05) is 25.6 Å². The number of ether oxygens (including phenoxy) is 1. The van der Waals surface area contributed by atoms with E-state index in [-0.39, 0.29) is 5.97 Å². The Morgan fingerprint density at radius 2 is 2.12 bits per heavy atom. The number of rotatable bonds is 5. The Morgan fingerprint density at radius 3 is 2.79 bits per heavy atom. The van der Waals surface area contributed by atoms with Crippen molar-refractivity contribution in [3.63, 3.8) is 0 Å². The van der Waals surface area contributed by atoms with Crippen molar-refractivity contribution in [2.24, 2.45) is 10.2 Å². The minimum absolute atomic E-state index is 0.322. The molecule has 0 radical (unpaired) electrons. The summed E-state index contributed by atoms with van der Waals surface area (Å²) in [6.07, 6.45) is 1.54. The monoisotopic (exact) mass is 343 g/mol. The van der Waals surface area contributed by atoms with Crippen molar-refractivity contribution >= 4 is 44.7 Å². The van der Waals surface area contributed by atoms with Gasteiger partial charge in [0.25, 0.3) is 0 Å². The van der Waals surface area contributed by atoms with Crippen LogP contribution in [0.4, 0.5) is 17.3 Å². The number of fused-ring (bicyclic) bond motifs is 1. The number of furan rings is 1. The number of anilines is 1. The van der Waals surface area contributed by atoms with Crippen molar-refractivity contribution in [2.45, 2.75) is 6.92 Å². The number of nitrogens with zero attached hydrogens (tertiary/aromatic N) is 3. The van der Waals surface area contributed by atoms with E-state index in [2.05, 4.69) is 10.2 Å². The molecule has 6 nitrogen and oxygen atoms in total. The van der Waals surface area contributed by atoms with Crippen LogP contribution in [-0.4, -0.2) is 26.7 Å². The first-order valence-corrected chi connectivity index (χ1v) is 8.28. The summed E-state index contributed by atoms with van der Waals surface area (Å²) < 4.78 is 11.2. The van der Waals surface area contributed by atoms with E-state index in [4.69, 9.17) is 9.15 Å².